The van der Waals surface area contributed by atoms with Crippen molar-refractivity contribution in [2.24, 2.45) is 0 Å². The maximum Gasteiger partial charge on any atom is 0.148 e. The average Bonchev–Trinajstić information content (AvgIpc) is 2.26. The van der Waals surface area contributed by atoms with E-state index in [4.69, 9.17) is 22.1 Å². The number of halogens is 2. The normalized spacial score (nSPS) is 10.3. The number of rotatable bonds is 2. The molecule has 0 saturated carbocycles. The van der Waals surface area contributed by atoms with Gasteiger partial charge in [0.05, 0.1) is 9.50 Å². The Kier molecular flexibility index (Phi) is 3.60. The second kappa shape index (κ2) is 4.98. The highest BCUT2D eigenvalue weighted by molar-refractivity contribution is 9.10. The number of ether oxygens (including phenoxy) is 1. The van der Waals surface area contributed by atoms with Gasteiger partial charge in [-0.05, 0) is 52.7 Å². The van der Waals surface area contributed by atoms with Crippen LogP contribution in [-0.4, -0.2) is 0 Å². The summed E-state index contributed by atoms with van der Waals surface area (Å²) in [4.78, 5) is 0. The van der Waals surface area contributed by atoms with Gasteiger partial charge in [0.1, 0.15) is 11.5 Å². The van der Waals surface area contributed by atoms with Crippen molar-refractivity contribution in [3.63, 3.8) is 0 Å². The van der Waals surface area contributed by atoms with Crippen molar-refractivity contribution in [3.8, 4) is 11.5 Å². The minimum atomic E-state index is 0.591. The molecule has 0 amide bonds. The number of benzene rings is 2. The lowest BCUT2D eigenvalue weighted by molar-refractivity contribution is 0.476. The minimum absolute atomic E-state index is 0.591. The molecule has 4 heteroatoms. The molecule has 17 heavy (non-hydrogen) atoms. The highest BCUT2D eigenvalue weighted by Crippen LogP contribution is 2.36. The number of aryl methyl sites for hydroxylation is 1. The van der Waals surface area contributed by atoms with Crippen LogP contribution in [0, 0.1) is 6.92 Å². The van der Waals surface area contributed by atoms with Gasteiger partial charge in [-0.25, -0.2) is 0 Å². The molecule has 2 rings (SSSR count). The fourth-order valence-corrected chi connectivity index (χ4v) is 2.19. The summed E-state index contributed by atoms with van der Waals surface area (Å²) in [5.74, 6) is 1.36. The Hall–Kier alpha value is -1.19. The molecular weight excluding hydrogens is 302 g/mol. The number of anilines is 1. The molecule has 0 fully saturated rings. The molecule has 0 aliphatic heterocycles. The maximum absolute atomic E-state index is 6.10. The molecule has 88 valence electrons. The van der Waals surface area contributed by atoms with Gasteiger partial charge in [-0.3, -0.25) is 0 Å². The summed E-state index contributed by atoms with van der Waals surface area (Å²) in [6.45, 7) is 1.95. The maximum atomic E-state index is 6.10. The van der Waals surface area contributed by atoms with E-state index in [1.165, 1.54) is 0 Å². The third-order valence-corrected chi connectivity index (χ3v) is 3.25. The van der Waals surface area contributed by atoms with Gasteiger partial charge in [0, 0.05) is 5.69 Å². The van der Waals surface area contributed by atoms with Gasteiger partial charge >= 0.3 is 0 Å². The van der Waals surface area contributed by atoms with E-state index in [1.54, 1.807) is 18.2 Å². The van der Waals surface area contributed by atoms with E-state index in [2.05, 4.69) is 15.9 Å². The topological polar surface area (TPSA) is 35.2 Å². The number of nitrogens with two attached hydrogens (primary N) is 1. The number of nitrogen functional groups attached to an aromatic ring is 1. The first-order chi connectivity index (χ1) is 8.08. The molecule has 0 aliphatic carbocycles. The lowest BCUT2D eigenvalue weighted by Gasteiger charge is -2.12. The largest absolute Gasteiger partial charge is 0.454 e. The first kappa shape index (κ1) is 12.3. The van der Waals surface area contributed by atoms with Gasteiger partial charge in [-0.2, -0.15) is 0 Å². The monoisotopic (exact) mass is 311 g/mol. The van der Waals surface area contributed by atoms with Gasteiger partial charge in [-0.1, -0.05) is 23.7 Å². The number of hydrogen-bond acceptors (Lipinski definition) is 2. The first-order valence-electron chi connectivity index (χ1n) is 5.06. The van der Waals surface area contributed by atoms with E-state index in [0.717, 1.165) is 10.0 Å². The van der Waals surface area contributed by atoms with Gasteiger partial charge in [-0.15, -0.1) is 0 Å². The Balaban J connectivity index is 2.38. The summed E-state index contributed by atoms with van der Waals surface area (Å²) >= 11 is 9.50. The van der Waals surface area contributed by atoms with E-state index in [1.807, 2.05) is 25.1 Å². The second-order valence-corrected chi connectivity index (χ2v) is 4.94. The molecule has 0 heterocycles. The molecule has 2 nitrogen and oxygen atoms in total. The third-order valence-electron chi connectivity index (χ3n) is 2.33. The van der Waals surface area contributed by atoms with Crippen molar-refractivity contribution in [1.82, 2.24) is 0 Å². The molecule has 2 N–H and O–H groups in total. The molecule has 0 aliphatic rings. The molecule has 0 aromatic heterocycles. The van der Waals surface area contributed by atoms with Crippen LogP contribution >= 0.6 is 27.5 Å². The van der Waals surface area contributed by atoms with E-state index < -0.39 is 0 Å². The van der Waals surface area contributed by atoms with Crippen molar-refractivity contribution >= 4 is 33.2 Å². The molecule has 0 spiro atoms. The summed E-state index contributed by atoms with van der Waals surface area (Å²) in [5.41, 5.74) is 7.34. The van der Waals surface area contributed by atoms with Crippen LogP contribution < -0.4 is 10.5 Å². The average molecular weight is 313 g/mol. The summed E-state index contributed by atoms with van der Waals surface area (Å²) in [5, 5.41) is 0.591. The Bertz CT molecular complexity index is 537. The molecule has 2 aromatic carbocycles. The molecule has 0 bridgehead atoms. The molecule has 0 radical (unpaired) electrons. The van der Waals surface area contributed by atoms with Gasteiger partial charge < -0.3 is 10.5 Å². The van der Waals surface area contributed by atoms with Gasteiger partial charge in [0.2, 0.25) is 0 Å². The van der Waals surface area contributed by atoms with E-state index in [-0.39, 0.29) is 0 Å². The van der Waals surface area contributed by atoms with Crippen LogP contribution in [0.25, 0.3) is 0 Å². The lowest BCUT2D eigenvalue weighted by atomic mass is 10.2. The Morgan fingerprint density at radius 1 is 1.24 bits per heavy atom. The van der Waals surface area contributed by atoms with Crippen molar-refractivity contribution in [2.75, 3.05) is 5.73 Å². The zero-order valence-electron chi connectivity index (χ0n) is 9.21. The zero-order chi connectivity index (χ0) is 12.4. The van der Waals surface area contributed by atoms with E-state index in [9.17, 15) is 0 Å². The van der Waals surface area contributed by atoms with Crippen LogP contribution in [0.2, 0.25) is 5.02 Å². The second-order valence-electron chi connectivity index (χ2n) is 3.68. The van der Waals surface area contributed by atoms with Gasteiger partial charge in [0.15, 0.2) is 0 Å². The molecule has 0 saturated heterocycles. The predicted octanol–water partition coefficient (Wildman–Crippen LogP) is 4.79. The molecule has 0 unspecified atom stereocenters. The van der Waals surface area contributed by atoms with Crippen molar-refractivity contribution in [2.45, 2.75) is 6.92 Å². The lowest BCUT2D eigenvalue weighted by Crippen LogP contribution is -1.91. The summed E-state index contributed by atoms with van der Waals surface area (Å²) in [6.07, 6.45) is 0. The van der Waals surface area contributed by atoms with Crippen molar-refractivity contribution < 1.29 is 4.74 Å². The van der Waals surface area contributed by atoms with Gasteiger partial charge in [0.25, 0.3) is 0 Å². The van der Waals surface area contributed by atoms with E-state index in [0.29, 0.717) is 22.2 Å². The Labute approximate surface area is 113 Å². The first-order valence-corrected chi connectivity index (χ1v) is 6.23. The summed E-state index contributed by atoms with van der Waals surface area (Å²) in [6, 6.07) is 11.0. The number of hydrogen-bond donors (Lipinski definition) is 1. The van der Waals surface area contributed by atoms with Crippen LogP contribution in [0.5, 0.6) is 11.5 Å². The van der Waals surface area contributed by atoms with Crippen LogP contribution in [0.4, 0.5) is 5.69 Å². The van der Waals surface area contributed by atoms with Crippen LogP contribution in [-0.2, 0) is 0 Å². The molecule has 0 atom stereocenters. The SMILES string of the molecule is Cc1cccc(Cl)c1Oc1ccc(N)cc1Br. The predicted molar refractivity (Wildman–Crippen MR) is 74.8 cm³/mol. The standard InChI is InChI=1S/C13H11BrClNO/c1-8-3-2-4-11(15)13(8)17-12-6-5-9(16)7-10(12)14/h2-7H,16H2,1H3. The van der Waals surface area contributed by atoms with Crippen molar-refractivity contribution in [1.29, 1.82) is 0 Å². The quantitative estimate of drug-likeness (QED) is 0.810. The molecular formula is C13H11BrClNO. The van der Waals surface area contributed by atoms with Crippen LogP contribution in [0.1, 0.15) is 5.56 Å². The third kappa shape index (κ3) is 2.73. The summed E-state index contributed by atoms with van der Waals surface area (Å²) < 4.78 is 6.59. The highest BCUT2D eigenvalue weighted by atomic mass is 79.9. The Morgan fingerprint density at radius 2 is 2.00 bits per heavy atom. The van der Waals surface area contributed by atoms with E-state index >= 15 is 0 Å². The highest BCUT2D eigenvalue weighted by Gasteiger charge is 2.08. The zero-order valence-corrected chi connectivity index (χ0v) is 11.5. The minimum Gasteiger partial charge on any atom is -0.454 e. The van der Waals surface area contributed by atoms with Crippen LogP contribution in [0.3, 0.4) is 0 Å². The summed E-state index contributed by atoms with van der Waals surface area (Å²) in [7, 11) is 0. The fourth-order valence-electron chi connectivity index (χ4n) is 1.46. The van der Waals surface area contributed by atoms with Crippen molar-refractivity contribution in [3.05, 3.63) is 51.5 Å². The molecule has 2 aromatic rings. The smallest absolute Gasteiger partial charge is 0.148 e. The number of para-hydroxylation sites is 1. The fraction of sp³-hybridized carbons (Fsp3) is 0.0769. The van der Waals surface area contributed by atoms with Crippen LogP contribution in [0.15, 0.2) is 40.9 Å². The Morgan fingerprint density at radius 3 is 2.65 bits per heavy atom.